The van der Waals surface area contributed by atoms with Crippen LogP contribution in [-0.4, -0.2) is 47.7 Å². The minimum atomic E-state index is -1.75. The van der Waals surface area contributed by atoms with E-state index in [9.17, 15) is 19.5 Å². The molecule has 0 saturated carbocycles. The zero-order valence-corrected chi connectivity index (χ0v) is 17.0. The fourth-order valence-corrected chi connectivity index (χ4v) is 2.82. The monoisotopic (exact) mass is 391 g/mol. The van der Waals surface area contributed by atoms with E-state index in [4.69, 9.17) is 15.2 Å². The van der Waals surface area contributed by atoms with Crippen molar-refractivity contribution in [1.82, 2.24) is 0 Å². The molecular weight excluding hydrogens is 362 g/mol. The first kappa shape index (κ1) is 23.5. The summed E-state index contributed by atoms with van der Waals surface area (Å²) in [5.41, 5.74) is 5.29. The lowest BCUT2D eigenvalue weighted by atomic mass is 9.91. The van der Waals surface area contributed by atoms with E-state index < -0.39 is 35.5 Å². The number of methoxy groups -OCH3 is 1. The summed E-state index contributed by atoms with van der Waals surface area (Å²) >= 11 is 0. The number of rotatable bonds is 10. The Morgan fingerprint density at radius 2 is 1.93 bits per heavy atom. The molecule has 0 bridgehead atoms. The Labute approximate surface area is 165 Å². The van der Waals surface area contributed by atoms with Crippen molar-refractivity contribution in [2.75, 3.05) is 7.11 Å². The number of ketones is 1. The van der Waals surface area contributed by atoms with Gasteiger partial charge in [-0.1, -0.05) is 29.9 Å². The molecule has 1 heterocycles. The fraction of sp³-hybridized carbons (Fsp3) is 0.476. The Bertz CT molecular complexity index is 744. The van der Waals surface area contributed by atoms with E-state index in [-0.39, 0.29) is 0 Å². The molecule has 0 radical (unpaired) electrons. The Hall–Kier alpha value is -2.51. The predicted octanol–water partition coefficient (Wildman–Crippen LogP) is 1.91. The second kappa shape index (κ2) is 10.1. The van der Waals surface area contributed by atoms with E-state index in [1.807, 2.05) is 19.1 Å². The third-order valence-corrected chi connectivity index (χ3v) is 4.44. The van der Waals surface area contributed by atoms with Gasteiger partial charge in [0.1, 0.15) is 6.10 Å². The highest BCUT2D eigenvalue weighted by molar-refractivity contribution is 6.19. The van der Waals surface area contributed by atoms with Crippen molar-refractivity contribution in [3.05, 3.63) is 47.1 Å². The minimum Gasteiger partial charge on any atom is -0.465 e. The van der Waals surface area contributed by atoms with Crippen molar-refractivity contribution < 1.29 is 29.0 Å². The molecule has 7 nitrogen and oxygen atoms in total. The first-order chi connectivity index (χ1) is 13.1. The third kappa shape index (κ3) is 5.50. The summed E-state index contributed by atoms with van der Waals surface area (Å²) < 4.78 is 9.86. The SMILES string of the molecule is C\C=C(/C=C(C)/C=C/CC/C=C(\C)C(=O)[C@]1(C(N)=O)O[C@H]1[C@@H](C)O)C(=O)OC. The topological polar surface area (TPSA) is 119 Å². The summed E-state index contributed by atoms with van der Waals surface area (Å²) in [7, 11) is 1.33. The number of unbranched alkanes of at least 4 members (excludes halogenated alkanes) is 1. The van der Waals surface area contributed by atoms with Gasteiger partial charge in [0.2, 0.25) is 11.4 Å². The molecule has 0 aliphatic carbocycles. The fourth-order valence-electron chi connectivity index (χ4n) is 2.82. The third-order valence-electron chi connectivity index (χ3n) is 4.44. The van der Waals surface area contributed by atoms with E-state index in [0.717, 1.165) is 5.57 Å². The van der Waals surface area contributed by atoms with Crippen molar-refractivity contribution in [2.45, 2.75) is 58.3 Å². The molecule has 1 rings (SSSR count). The molecule has 1 fully saturated rings. The number of nitrogens with two attached hydrogens (primary N) is 1. The zero-order valence-electron chi connectivity index (χ0n) is 17.0. The van der Waals surface area contributed by atoms with Crippen LogP contribution >= 0.6 is 0 Å². The number of carbonyl (C=O) groups excluding carboxylic acids is 3. The Balaban J connectivity index is 2.65. The van der Waals surface area contributed by atoms with Gasteiger partial charge in [0, 0.05) is 0 Å². The highest BCUT2D eigenvalue weighted by Crippen LogP contribution is 2.41. The van der Waals surface area contributed by atoms with Crippen molar-refractivity contribution >= 4 is 17.7 Å². The normalized spacial score (nSPS) is 24.2. The molecule has 1 aliphatic rings. The first-order valence-electron chi connectivity index (χ1n) is 9.08. The second-order valence-electron chi connectivity index (χ2n) is 6.70. The second-order valence-corrected chi connectivity index (χ2v) is 6.70. The number of ether oxygens (including phenoxy) is 2. The molecule has 1 amide bonds. The summed E-state index contributed by atoms with van der Waals surface area (Å²) in [5.74, 6) is -1.79. The molecule has 3 N–H and O–H groups in total. The lowest BCUT2D eigenvalue weighted by Gasteiger charge is -2.09. The highest BCUT2D eigenvalue weighted by Gasteiger charge is 2.69. The van der Waals surface area contributed by atoms with Crippen LogP contribution in [0.25, 0.3) is 0 Å². The summed E-state index contributed by atoms with van der Waals surface area (Å²) in [6.07, 6.45) is 8.27. The maximum atomic E-state index is 12.5. The molecule has 154 valence electrons. The summed E-state index contributed by atoms with van der Waals surface area (Å²) in [6, 6.07) is 0. The number of aliphatic hydroxyl groups is 1. The Kier molecular flexibility index (Phi) is 8.53. The average Bonchev–Trinajstić information content (AvgIpc) is 3.41. The van der Waals surface area contributed by atoms with Gasteiger partial charge in [-0.05, 0) is 52.2 Å². The molecule has 3 atom stereocenters. The number of hydrogen-bond donors (Lipinski definition) is 2. The molecule has 0 unspecified atom stereocenters. The van der Waals surface area contributed by atoms with Crippen molar-refractivity contribution in [3.63, 3.8) is 0 Å². The number of carbonyl (C=O) groups is 3. The van der Waals surface area contributed by atoms with Crippen molar-refractivity contribution in [1.29, 1.82) is 0 Å². The van der Waals surface area contributed by atoms with Crippen LogP contribution in [0.1, 0.15) is 40.5 Å². The van der Waals surface area contributed by atoms with Gasteiger partial charge in [-0.2, -0.15) is 0 Å². The Morgan fingerprint density at radius 1 is 1.29 bits per heavy atom. The predicted molar refractivity (Wildman–Crippen MR) is 105 cm³/mol. The Morgan fingerprint density at radius 3 is 2.39 bits per heavy atom. The first-order valence-corrected chi connectivity index (χ1v) is 9.08. The number of hydrogen-bond acceptors (Lipinski definition) is 6. The van der Waals surface area contributed by atoms with Gasteiger partial charge < -0.3 is 20.3 Å². The van der Waals surface area contributed by atoms with Crippen LogP contribution in [0.2, 0.25) is 0 Å². The van der Waals surface area contributed by atoms with Crippen molar-refractivity contribution in [2.24, 2.45) is 5.73 Å². The number of epoxide rings is 1. The minimum absolute atomic E-state index is 0.365. The van der Waals surface area contributed by atoms with Crippen LogP contribution in [0.15, 0.2) is 47.1 Å². The number of allylic oxidation sites excluding steroid dienone is 5. The maximum absolute atomic E-state index is 12.5. The molecule has 0 aromatic heterocycles. The maximum Gasteiger partial charge on any atom is 0.337 e. The van der Waals surface area contributed by atoms with Gasteiger partial charge in [0.05, 0.1) is 18.8 Å². The van der Waals surface area contributed by atoms with Crippen LogP contribution in [0.5, 0.6) is 0 Å². The smallest absolute Gasteiger partial charge is 0.337 e. The van der Waals surface area contributed by atoms with Crippen LogP contribution in [0.3, 0.4) is 0 Å². The van der Waals surface area contributed by atoms with E-state index in [2.05, 4.69) is 0 Å². The van der Waals surface area contributed by atoms with Gasteiger partial charge in [0.15, 0.2) is 0 Å². The quantitative estimate of drug-likeness (QED) is 0.147. The lowest BCUT2D eigenvalue weighted by molar-refractivity contribution is -0.136. The van der Waals surface area contributed by atoms with E-state index in [1.165, 1.54) is 14.0 Å². The zero-order chi connectivity index (χ0) is 21.5. The lowest BCUT2D eigenvalue weighted by Crippen LogP contribution is -2.44. The highest BCUT2D eigenvalue weighted by atomic mass is 16.6. The van der Waals surface area contributed by atoms with Gasteiger partial charge in [-0.3, -0.25) is 9.59 Å². The van der Waals surface area contributed by atoms with Gasteiger partial charge in [-0.25, -0.2) is 4.79 Å². The molecule has 0 aromatic rings. The van der Waals surface area contributed by atoms with E-state index in [0.29, 0.717) is 24.0 Å². The molecule has 7 heteroatoms. The van der Waals surface area contributed by atoms with Crippen LogP contribution in [-0.2, 0) is 23.9 Å². The number of amides is 1. The number of Topliss-reactive ketones (excluding diaryl/α,β-unsaturated/α-hetero) is 1. The largest absolute Gasteiger partial charge is 0.465 e. The molecule has 1 aliphatic heterocycles. The van der Waals surface area contributed by atoms with Gasteiger partial charge in [0.25, 0.3) is 5.91 Å². The molecule has 0 spiro atoms. The number of esters is 1. The van der Waals surface area contributed by atoms with E-state index >= 15 is 0 Å². The summed E-state index contributed by atoms with van der Waals surface area (Å²) in [6.45, 7) is 6.67. The van der Waals surface area contributed by atoms with Crippen LogP contribution in [0, 0.1) is 0 Å². The summed E-state index contributed by atoms with van der Waals surface area (Å²) in [5, 5.41) is 9.58. The number of aliphatic hydroxyl groups excluding tert-OH is 1. The van der Waals surface area contributed by atoms with Gasteiger partial charge >= 0.3 is 5.97 Å². The molecular formula is C21H29NO6. The van der Waals surface area contributed by atoms with Crippen LogP contribution < -0.4 is 5.73 Å². The van der Waals surface area contributed by atoms with E-state index in [1.54, 1.807) is 32.1 Å². The molecule has 1 saturated heterocycles. The molecule has 28 heavy (non-hydrogen) atoms. The number of primary amides is 1. The summed E-state index contributed by atoms with van der Waals surface area (Å²) in [4.78, 5) is 35.7. The molecule has 0 aromatic carbocycles. The standard InChI is InChI=1S/C21H29NO6/c1-6-16(19(25)27-5)12-13(2)10-8-7-9-11-14(3)17(24)21(20(22)26)18(28-21)15(4)23/h6,8,10-12,15,18,23H,7,9H2,1-5H3,(H2,22,26)/b10-8+,13-12+,14-11+,16-6+/t15-,18+,21+/m1/s1. The van der Waals surface area contributed by atoms with Crippen LogP contribution in [0.4, 0.5) is 0 Å². The van der Waals surface area contributed by atoms with Gasteiger partial charge in [-0.15, -0.1) is 0 Å². The van der Waals surface area contributed by atoms with Crippen molar-refractivity contribution in [3.8, 4) is 0 Å². The average molecular weight is 391 g/mol.